The molecule has 0 spiro atoms. The lowest BCUT2D eigenvalue weighted by Gasteiger charge is -2.15. The molecule has 1 aromatic heterocycles. The van der Waals surface area contributed by atoms with Crippen LogP contribution in [-0.4, -0.2) is 5.91 Å². The second-order valence-electron chi connectivity index (χ2n) is 3.88. The number of halogens is 2. The first-order valence-electron chi connectivity index (χ1n) is 5.11. The number of rotatable bonds is 1. The zero-order chi connectivity index (χ0) is 12.9. The number of primary amides is 1. The van der Waals surface area contributed by atoms with Crippen LogP contribution < -0.4 is 5.73 Å². The fourth-order valence-corrected chi connectivity index (χ4v) is 4.37. The van der Waals surface area contributed by atoms with Crippen molar-refractivity contribution in [2.75, 3.05) is 0 Å². The van der Waals surface area contributed by atoms with Crippen molar-refractivity contribution in [3.8, 4) is 10.4 Å². The number of fused-ring (bicyclic) bond motifs is 3. The summed E-state index contributed by atoms with van der Waals surface area (Å²) in [5, 5.41) is 0.122. The second kappa shape index (κ2) is 4.26. The van der Waals surface area contributed by atoms with E-state index >= 15 is 0 Å². The highest BCUT2D eigenvalue weighted by Gasteiger charge is 2.22. The van der Waals surface area contributed by atoms with Crippen molar-refractivity contribution in [2.24, 2.45) is 5.73 Å². The maximum Gasteiger partial charge on any atom is 0.258 e. The molecule has 18 heavy (non-hydrogen) atoms. The lowest BCUT2D eigenvalue weighted by atomic mass is 10.1. The summed E-state index contributed by atoms with van der Waals surface area (Å²) in [6.45, 7) is 0. The number of thiophene rings is 1. The molecule has 2 nitrogen and oxygen atoms in total. The van der Waals surface area contributed by atoms with Crippen LogP contribution in [-0.2, 0) is 5.75 Å². The molecule has 1 aliphatic heterocycles. The van der Waals surface area contributed by atoms with Gasteiger partial charge >= 0.3 is 0 Å². The van der Waals surface area contributed by atoms with E-state index in [0.29, 0.717) is 4.88 Å². The van der Waals surface area contributed by atoms with Gasteiger partial charge in [0.05, 0.1) is 9.90 Å². The van der Waals surface area contributed by atoms with Crippen molar-refractivity contribution >= 4 is 40.6 Å². The van der Waals surface area contributed by atoms with Crippen LogP contribution >= 0.6 is 34.7 Å². The minimum Gasteiger partial charge on any atom is -0.365 e. The third-order valence-corrected chi connectivity index (χ3v) is 5.32. The monoisotopic (exact) mass is 299 g/mol. The highest BCUT2D eigenvalue weighted by atomic mass is 35.5. The fourth-order valence-electron chi connectivity index (χ4n) is 1.87. The molecule has 0 unspecified atom stereocenters. The van der Waals surface area contributed by atoms with Gasteiger partial charge in [0, 0.05) is 21.1 Å². The van der Waals surface area contributed by atoms with Gasteiger partial charge in [0.1, 0.15) is 5.82 Å². The van der Waals surface area contributed by atoms with Crippen LogP contribution in [0.2, 0.25) is 5.02 Å². The largest absolute Gasteiger partial charge is 0.365 e. The lowest BCUT2D eigenvalue weighted by molar-refractivity contribution is 0.100. The standard InChI is InChI=1S/C12H7ClFNOS2/c13-7-3-9-6(2-8(7)14)11-5(4-17-9)1-10(18-11)12(15)16/h1-3H,4H2,(H2,15,16). The Balaban J connectivity index is 2.21. The van der Waals surface area contributed by atoms with Gasteiger partial charge in [-0.15, -0.1) is 23.1 Å². The molecule has 0 atom stereocenters. The van der Waals surface area contributed by atoms with Crippen molar-refractivity contribution < 1.29 is 9.18 Å². The molecule has 2 N–H and O–H groups in total. The summed E-state index contributed by atoms with van der Waals surface area (Å²) >= 11 is 8.66. The molecule has 0 fully saturated rings. The first kappa shape index (κ1) is 12.0. The van der Waals surface area contributed by atoms with Gasteiger partial charge < -0.3 is 5.73 Å². The number of hydrogen-bond donors (Lipinski definition) is 1. The van der Waals surface area contributed by atoms with E-state index < -0.39 is 11.7 Å². The van der Waals surface area contributed by atoms with E-state index in [1.54, 1.807) is 23.9 Å². The number of thioether (sulfide) groups is 1. The van der Waals surface area contributed by atoms with Gasteiger partial charge in [-0.25, -0.2) is 4.39 Å². The fraction of sp³-hybridized carbons (Fsp3) is 0.0833. The van der Waals surface area contributed by atoms with Crippen LogP contribution in [0.15, 0.2) is 23.1 Å². The predicted molar refractivity (Wildman–Crippen MR) is 72.8 cm³/mol. The predicted octanol–water partition coefficient (Wildman–Crippen LogP) is 3.91. The molecule has 0 saturated carbocycles. The second-order valence-corrected chi connectivity index (χ2v) is 6.36. The van der Waals surface area contributed by atoms with E-state index in [4.69, 9.17) is 17.3 Å². The Morgan fingerprint density at radius 2 is 2.17 bits per heavy atom. The van der Waals surface area contributed by atoms with E-state index in [0.717, 1.165) is 26.7 Å². The number of hydrogen-bond acceptors (Lipinski definition) is 3. The quantitative estimate of drug-likeness (QED) is 0.867. The zero-order valence-corrected chi connectivity index (χ0v) is 11.4. The summed E-state index contributed by atoms with van der Waals surface area (Å²) in [7, 11) is 0. The summed E-state index contributed by atoms with van der Waals surface area (Å²) in [6, 6.07) is 4.83. The van der Waals surface area contributed by atoms with Gasteiger partial charge in [0.15, 0.2) is 0 Å². The molecule has 2 heterocycles. The summed E-state index contributed by atoms with van der Waals surface area (Å²) in [5.74, 6) is -0.151. The molecule has 1 aliphatic rings. The molecule has 3 rings (SSSR count). The summed E-state index contributed by atoms with van der Waals surface area (Å²) in [4.78, 5) is 13.5. The summed E-state index contributed by atoms with van der Waals surface area (Å²) in [6.07, 6.45) is 0. The van der Waals surface area contributed by atoms with Gasteiger partial charge in [-0.1, -0.05) is 11.6 Å². The molecule has 92 valence electrons. The van der Waals surface area contributed by atoms with Crippen molar-refractivity contribution in [1.29, 1.82) is 0 Å². The van der Waals surface area contributed by atoms with Gasteiger partial charge in [-0.05, 0) is 23.8 Å². The Labute approximate surface area is 116 Å². The van der Waals surface area contributed by atoms with Gasteiger partial charge in [0.2, 0.25) is 0 Å². The normalized spacial score (nSPS) is 13.0. The number of benzene rings is 1. The maximum absolute atomic E-state index is 13.5. The summed E-state index contributed by atoms with van der Waals surface area (Å²) in [5.41, 5.74) is 7.08. The number of amides is 1. The van der Waals surface area contributed by atoms with Crippen LogP contribution in [0.5, 0.6) is 0 Å². The Morgan fingerprint density at radius 3 is 2.89 bits per heavy atom. The zero-order valence-electron chi connectivity index (χ0n) is 9.00. The van der Waals surface area contributed by atoms with Crippen molar-refractivity contribution in [3.63, 3.8) is 0 Å². The Kier molecular flexibility index (Phi) is 2.84. The minimum absolute atomic E-state index is 0.122. The Hall–Kier alpha value is -1.04. The van der Waals surface area contributed by atoms with Gasteiger partial charge in [-0.2, -0.15) is 0 Å². The van der Waals surface area contributed by atoms with Crippen LogP contribution in [0.3, 0.4) is 0 Å². The first-order chi connectivity index (χ1) is 8.56. The summed E-state index contributed by atoms with van der Waals surface area (Å²) < 4.78 is 13.5. The van der Waals surface area contributed by atoms with Crippen LogP contribution in [0.1, 0.15) is 15.2 Å². The van der Waals surface area contributed by atoms with Crippen LogP contribution in [0.25, 0.3) is 10.4 Å². The first-order valence-corrected chi connectivity index (χ1v) is 7.29. The highest BCUT2D eigenvalue weighted by Crippen LogP contribution is 2.46. The number of carbonyl (C=O) groups excluding carboxylic acids is 1. The Bertz CT molecular complexity index is 668. The minimum atomic E-state index is -0.449. The average Bonchev–Trinajstić information content (AvgIpc) is 2.75. The molecule has 0 bridgehead atoms. The van der Waals surface area contributed by atoms with E-state index in [-0.39, 0.29) is 5.02 Å². The lowest BCUT2D eigenvalue weighted by Crippen LogP contribution is -2.08. The van der Waals surface area contributed by atoms with Gasteiger partial charge in [-0.3, -0.25) is 4.79 Å². The van der Waals surface area contributed by atoms with Crippen molar-refractivity contribution in [1.82, 2.24) is 0 Å². The smallest absolute Gasteiger partial charge is 0.258 e. The molecular weight excluding hydrogens is 293 g/mol. The van der Waals surface area contributed by atoms with Crippen LogP contribution in [0.4, 0.5) is 4.39 Å². The van der Waals surface area contributed by atoms with Crippen LogP contribution in [0, 0.1) is 5.82 Å². The van der Waals surface area contributed by atoms with E-state index in [1.165, 1.54) is 17.4 Å². The number of nitrogens with two attached hydrogens (primary N) is 1. The molecule has 2 aromatic rings. The molecule has 1 aromatic carbocycles. The molecule has 0 aliphatic carbocycles. The average molecular weight is 300 g/mol. The van der Waals surface area contributed by atoms with Crippen molar-refractivity contribution in [2.45, 2.75) is 10.6 Å². The SMILES string of the molecule is NC(=O)c1cc2c(s1)-c1cc(F)c(Cl)cc1SC2. The van der Waals surface area contributed by atoms with E-state index in [2.05, 4.69) is 0 Å². The third kappa shape index (κ3) is 1.83. The molecular formula is C12H7ClFNOS2. The van der Waals surface area contributed by atoms with Crippen molar-refractivity contribution in [3.05, 3.63) is 39.5 Å². The maximum atomic E-state index is 13.5. The van der Waals surface area contributed by atoms with E-state index in [1.807, 2.05) is 0 Å². The topological polar surface area (TPSA) is 43.1 Å². The third-order valence-electron chi connectivity index (χ3n) is 2.70. The highest BCUT2D eigenvalue weighted by molar-refractivity contribution is 7.98. The molecule has 6 heteroatoms. The molecule has 1 amide bonds. The Morgan fingerprint density at radius 1 is 1.39 bits per heavy atom. The van der Waals surface area contributed by atoms with Gasteiger partial charge in [0.25, 0.3) is 5.91 Å². The van der Waals surface area contributed by atoms with E-state index in [9.17, 15) is 9.18 Å². The number of carbonyl (C=O) groups is 1. The molecule has 0 radical (unpaired) electrons. The molecule has 0 saturated heterocycles.